The summed E-state index contributed by atoms with van der Waals surface area (Å²) in [5, 5.41) is 9.93. The summed E-state index contributed by atoms with van der Waals surface area (Å²) < 4.78 is 0. The van der Waals surface area contributed by atoms with Gasteiger partial charge in [-0.25, -0.2) is 15.2 Å². The van der Waals surface area contributed by atoms with Gasteiger partial charge in [0.2, 0.25) is 0 Å². The maximum atomic E-state index is 10.7. The van der Waals surface area contributed by atoms with E-state index in [4.69, 9.17) is 5.11 Å². The van der Waals surface area contributed by atoms with Crippen LogP contribution in [0.15, 0.2) is 23.4 Å². The minimum absolute atomic E-state index is 0.673. The number of nitrogens with one attached hydrogen (secondary N) is 1. The van der Waals surface area contributed by atoms with Crippen LogP contribution in [0.2, 0.25) is 0 Å². The minimum Gasteiger partial charge on any atom is -0.464 e. The lowest BCUT2D eigenvalue weighted by Crippen LogP contribution is -2.35. The predicted molar refractivity (Wildman–Crippen MR) is 43.3 cm³/mol. The summed E-state index contributed by atoms with van der Waals surface area (Å²) in [4.78, 5) is 10.7. The number of rotatable bonds is 0. The van der Waals surface area contributed by atoms with Crippen molar-refractivity contribution in [3.05, 3.63) is 23.4 Å². The monoisotopic (exact) mass is 166 g/mol. The molecular weight excluding hydrogens is 156 g/mol. The highest BCUT2D eigenvalue weighted by molar-refractivity contribution is 5.69. The summed E-state index contributed by atoms with van der Waals surface area (Å²) in [5.41, 5.74) is 4.81. The first-order chi connectivity index (χ1) is 5.79. The predicted octanol–water partition coefficient (Wildman–Crippen LogP) is 1.09. The topological polar surface area (TPSA) is 52.6 Å². The molecule has 0 fully saturated rings. The van der Waals surface area contributed by atoms with Crippen LogP contribution in [-0.4, -0.2) is 22.8 Å². The van der Waals surface area contributed by atoms with E-state index in [9.17, 15) is 4.79 Å². The Bertz CT molecular complexity index is 281. The Labute approximate surface area is 70.1 Å². The van der Waals surface area contributed by atoms with Crippen LogP contribution in [0.4, 0.5) is 4.79 Å². The average molecular weight is 166 g/mol. The third-order valence-electron chi connectivity index (χ3n) is 2.13. The summed E-state index contributed by atoms with van der Waals surface area (Å²) in [6.45, 7) is 0.673. The van der Waals surface area contributed by atoms with E-state index in [1.807, 2.05) is 12.2 Å². The van der Waals surface area contributed by atoms with Gasteiger partial charge in [0.05, 0.1) is 5.70 Å². The van der Waals surface area contributed by atoms with Crippen LogP contribution in [0, 0.1) is 0 Å². The molecule has 0 radical (unpaired) electrons. The van der Waals surface area contributed by atoms with Crippen molar-refractivity contribution in [1.29, 1.82) is 0 Å². The highest BCUT2D eigenvalue weighted by atomic mass is 16.4. The summed E-state index contributed by atoms with van der Waals surface area (Å²) in [6, 6.07) is 0. The standard InChI is InChI=1S/C8H10N2O2/c11-8(12)10-7-4-2-1-3-6(7)5-9-10/h2,4,9H,1,3,5H2,(H,11,12). The van der Waals surface area contributed by atoms with E-state index >= 15 is 0 Å². The molecule has 0 aromatic heterocycles. The second kappa shape index (κ2) is 2.64. The molecule has 0 aromatic rings. The van der Waals surface area contributed by atoms with E-state index in [0.717, 1.165) is 18.5 Å². The largest absolute Gasteiger partial charge is 0.464 e. The fraction of sp³-hybridized carbons (Fsp3) is 0.375. The summed E-state index contributed by atoms with van der Waals surface area (Å²) >= 11 is 0. The van der Waals surface area contributed by atoms with Crippen LogP contribution in [0.25, 0.3) is 0 Å². The van der Waals surface area contributed by atoms with Crippen LogP contribution >= 0.6 is 0 Å². The van der Waals surface area contributed by atoms with Gasteiger partial charge in [-0.05, 0) is 24.5 Å². The number of allylic oxidation sites excluding steroid dienone is 2. The third kappa shape index (κ3) is 1.00. The Morgan fingerprint density at radius 1 is 1.67 bits per heavy atom. The first kappa shape index (κ1) is 7.36. The summed E-state index contributed by atoms with van der Waals surface area (Å²) in [7, 11) is 0. The van der Waals surface area contributed by atoms with Gasteiger partial charge in [0.1, 0.15) is 0 Å². The smallest absolute Gasteiger partial charge is 0.426 e. The lowest BCUT2D eigenvalue weighted by atomic mass is 10.0. The lowest BCUT2D eigenvalue weighted by Gasteiger charge is -2.14. The Morgan fingerprint density at radius 2 is 2.50 bits per heavy atom. The van der Waals surface area contributed by atoms with Crippen molar-refractivity contribution >= 4 is 6.09 Å². The van der Waals surface area contributed by atoms with Gasteiger partial charge in [-0.2, -0.15) is 0 Å². The Kier molecular flexibility index (Phi) is 1.62. The number of amides is 1. The number of carboxylic acid groups (broad SMARTS) is 1. The zero-order valence-corrected chi connectivity index (χ0v) is 6.58. The Morgan fingerprint density at radius 3 is 3.25 bits per heavy atom. The van der Waals surface area contributed by atoms with Crippen molar-refractivity contribution in [3.63, 3.8) is 0 Å². The quantitative estimate of drug-likeness (QED) is 0.566. The molecule has 4 nitrogen and oxygen atoms in total. The van der Waals surface area contributed by atoms with Crippen molar-refractivity contribution in [3.8, 4) is 0 Å². The Hall–Kier alpha value is -1.29. The van der Waals surface area contributed by atoms with Crippen LogP contribution in [0.5, 0.6) is 0 Å². The van der Waals surface area contributed by atoms with Crippen molar-refractivity contribution in [2.24, 2.45) is 0 Å². The molecule has 1 heterocycles. The Balaban J connectivity index is 2.28. The van der Waals surface area contributed by atoms with Crippen LogP contribution < -0.4 is 5.43 Å². The molecule has 4 heteroatoms. The number of hydrazine groups is 1. The van der Waals surface area contributed by atoms with Gasteiger partial charge in [0.15, 0.2) is 0 Å². The van der Waals surface area contributed by atoms with Crippen molar-refractivity contribution in [1.82, 2.24) is 10.4 Å². The van der Waals surface area contributed by atoms with Gasteiger partial charge in [0.25, 0.3) is 0 Å². The van der Waals surface area contributed by atoms with Crippen molar-refractivity contribution in [2.75, 3.05) is 6.54 Å². The highest BCUT2D eigenvalue weighted by Crippen LogP contribution is 2.24. The van der Waals surface area contributed by atoms with Gasteiger partial charge in [-0.3, -0.25) is 0 Å². The maximum Gasteiger partial charge on any atom is 0.426 e. The molecule has 0 saturated carbocycles. The fourth-order valence-corrected chi connectivity index (χ4v) is 1.54. The molecule has 0 bridgehead atoms. The molecule has 2 aliphatic rings. The van der Waals surface area contributed by atoms with Crippen molar-refractivity contribution in [2.45, 2.75) is 12.8 Å². The zero-order chi connectivity index (χ0) is 8.55. The molecule has 64 valence electrons. The van der Waals surface area contributed by atoms with Gasteiger partial charge in [0, 0.05) is 6.54 Å². The normalized spacial score (nSPS) is 21.5. The minimum atomic E-state index is -0.938. The second-order valence-corrected chi connectivity index (χ2v) is 2.88. The first-order valence-corrected chi connectivity index (χ1v) is 3.94. The molecule has 0 atom stereocenters. The van der Waals surface area contributed by atoms with Gasteiger partial charge < -0.3 is 5.11 Å². The van der Waals surface area contributed by atoms with Crippen molar-refractivity contribution < 1.29 is 9.90 Å². The van der Waals surface area contributed by atoms with E-state index in [-0.39, 0.29) is 0 Å². The van der Waals surface area contributed by atoms with Crippen LogP contribution in [0.1, 0.15) is 12.8 Å². The molecular formula is C8H10N2O2. The van der Waals surface area contributed by atoms with E-state index in [1.54, 1.807) is 0 Å². The SMILES string of the molecule is O=C(O)N1NCC2=C1C=CCC2. The lowest BCUT2D eigenvalue weighted by molar-refractivity contribution is 0.148. The molecule has 1 amide bonds. The van der Waals surface area contributed by atoms with Crippen LogP contribution in [-0.2, 0) is 0 Å². The maximum absolute atomic E-state index is 10.7. The highest BCUT2D eigenvalue weighted by Gasteiger charge is 2.25. The third-order valence-corrected chi connectivity index (χ3v) is 2.13. The molecule has 1 aliphatic carbocycles. The molecule has 1 aliphatic heterocycles. The molecule has 0 aromatic carbocycles. The van der Waals surface area contributed by atoms with E-state index in [0.29, 0.717) is 6.54 Å². The second-order valence-electron chi connectivity index (χ2n) is 2.88. The first-order valence-electron chi connectivity index (χ1n) is 3.94. The molecule has 0 spiro atoms. The molecule has 12 heavy (non-hydrogen) atoms. The summed E-state index contributed by atoms with van der Waals surface area (Å²) in [5.74, 6) is 0. The van der Waals surface area contributed by atoms with Gasteiger partial charge in [-0.1, -0.05) is 6.08 Å². The number of carbonyl (C=O) groups is 1. The average Bonchev–Trinajstić information content (AvgIpc) is 2.47. The molecule has 0 unspecified atom stereocenters. The van der Waals surface area contributed by atoms with E-state index in [2.05, 4.69) is 5.43 Å². The molecule has 2 N–H and O–H groups in total. The van der Waals surface area contributed by atoms with Crippen LogP contribution in [0.3, 0.4) is 0 Å². The van der Waals surface area contributed by atoms with Gasteiger partial charge in [-0.15, -0.1) is 0 Å². The van der Waals surface area contributed by atoms with Gasteiger partial charge >= 0.3 is 6.09 Å². The summed E-state index contributed by atoms with van der Waals surface area (Å²) in [6.07, 6.45) is 4.93. The van der Waals surface area contributed by atoms with E-state index < -0.39 is 6.09 Å². The zero-order valence-electron chi connectivity index (χ0n) is 6.58. The molecule has 2 rings (SSSR count). The number of hydrogen-bond acceptors (Lipinski definition) is 2. The molecule has 0 saturated heterocycles. The fourth-order valence-electron chi connectivity index (χ4n) is 1.54. The number of nitrogens with zero attached hydrogens (tertiary/aromatic N) is 1. The van der Waals surface area contributed by atoms with E-state index in [1.165, 1.54) is 10.6 Å². The number of hydrogen-bond donors (Lipinski definition) is 2.